The molecular formula is C29H35N5O3S. The van der Waals surface area contributed by atoms with Gasteiger partial charge in [-0.25, -0.2) is 8.42 Å². The monoisotopic (exact) mass is 533 g/mol. The molecule has 0 spiro atoms. The summed E-state index contributed by atoms with van der Waals surface area (Å²) >= 11 is 0. The fourth-order valence-electron chi connectivity index (χ4n) is 5.21. The molecule has 1 amide bonds. The highest BCUT2D eigenvalue weighted by molar-refractivity contribution is 7.89. The molecule has 0 unspecified atom stereocenters. The van der Waals surface area contributed by atoms with Crippen molar-refractivity contribution in [3.05, 3.63) is 83.1 Å². The maximum atomic E-state index is 13.8. The maximum Gasteiger partial charge on any atom is 0.263 e. The number of piperazine rings is 1. The Hall–Kier alpha value is -3.43. The van der Waals surface area contributed by atoms with Gasteiger partial charge in [0.25, 0.3) is 15.9 Å². The van der Waals surface area contributed by atoms with Crippen LogP contribution in [-0.2, 0) is 16.6 Å². The largest absolute Gasteiger partial charge is 0.369 e. The van der Waals surface area contributed by atoms with E-state index in [0.29, 0.717) is 45.8 Å². The molecule has 0 radical (unpaired) electrons. The molecule has 38 heavy (non-hydrogen) atoms. The average molecular weight is 534 g/mol. The molecule has 2 aliphatic heterocycles. The smallest absolute Gasteiger partial charge is 0.263 e. The van der Waals surface area contributed by atoms with Crippen LogP contribution >= 0.6 is 0 Å². The first-order valence-corrected chi connectivity index (χ1v) is 14.7. The van der Waals surface area contributed by atoms with Crippen LogP contribution in [0.1, 0.15) is 40.4 Å². The Morgan fingerprint density at radius 2 is 1.68 bits per heavy atom. The van der Waals surface area contributed by atoms with Crippen LogP contribution in [0.5, 0.6) is 0 Å². The lowest BCUT2D eigenvalue weighted by Gasteiger charge is -2.36. The van der Waals surface area contributed by atoms with Gasteiger partial charge in [0.05, 0.1) is 5.56 Å². The van der Waals surface area contributed by atoms with E-state index in [1.165, 1.54) is 21.0 Å². The molecular weight excluding hydrogens is 498 g/mol. The minimum absolute atomic E-state index is 0.137. The Morgan fingerprint density at radius 3 is 2.34 bits per heavy atom. The molecule has 9 heteroatoms. The lowest BCUT2D eigenvalue weighted by Crippen LogP contribution is -2.49. The summed E-state index contributed by atoms with van der Waals surface area (Å²) in [6, 6.07) is 16.3. The van der Waals surface area contributed by atoms with Crippen molar-refractivity contribution in [2.45, 2.75) is 38.8 Å². The second kappa shape index (κ2) is 10.7. The molecule has 0 N–H and O–H groups in total. The first kappa shape index (κ1) is 26.2. The second-order valence-electron chi connectivity index (χ2n) is 9.91. The first-order chi connectivity index (χ1) is 18.3. The molecule has 0 bridgehead atoms. The molecule has 1 aromatic heterocycles. The number of anilines is 1. The SMILES string of the molecule is CCn1cc(C(=O)N2CC=C(c3ccccc3)CC2)c(S(=O)(=O)N2CCN(c3cccc(C)c3C)CC2)n1. The molecule has 0 saturated carbocycles. The van der Waals surface area contributed by atoms with E-state index in [1.54, 1.807) is 15.8 Å². The number of aryl methyl sites for hydroxylation is 2. The molecule has 2 aromatic carbocycles. The molecule has 3 aromatic rings. The van der Waals surface area contributed by atoms with Crippen molar-refractivity contribution in [1.82, 2.24) is 19.0 Å². The van der Waals surface area contributed by atoms with Crippen LogP contribution in [0.2, 0.25) is 0 Å². The summed E-state index contributed by atoms with van der Waals surface area (Å²) in [5, 5.41) is 4.23. The van der Waals surface area contributed by atoms with E-state index in [2.05, 4.69) is 54.2 Å². The average Bonchev–Trinajstić information content (AvgIpc) is 3.40. The summed E-state index contributed by atoms with van der Waals surface area (Å²) < 4.78 is 30.6. The molecule has 2 aliphatic rings. The van der Waals surface area contributed by atoms with Crippen LogP contribution in [0, 0.1) is 13.8 Å². The molecule has 200 valence electrons. The zero-order chi connectivity index (χ0) is 26.9. The highest BCUT2D eigenvalue weighted by Gasteiger charge is 2.36. The van der Waals surface area contributed by atoms with Crippen molar-refractivity contribution in [3.8, 4) is 0 Å². The van der Waals surface area contributed by atoms with Gasteiger partial charge < -0.3 is 9.80 Å². The second-order valence-corrected chi connectivity index (χ2v) is 11.8. The Balaban J connectivity index is 1.34. The minimum atomic E-state index is -3.93. The predicted molar refractivity (Wildman–Crippen MR) is 150 cm³/mol. The van der Waals surface area contributed by atoms with Gasteiger partial charge >= 0.3 is 0 Å². The number of amides is 1. The number of carbonyl (C=O) groups is 1. The Labute approximate surface area is 225 Å². The molecule has 1 fully saturated rings. The standard InChI is InChI=1S/C29H35N5O3S/c1-4-33-21-26(29(35)32-15-13-25(14-16-32)24-10-6-5-7-11-24)28(30-33)38(36,37)34-19-17-31(18-20-34)27-12-8-9-22(2)23(27)3/h5-13,21H,4,14-20H2,1-3H3. The number of sulfonamides is 1. The fourth-order valence-corrected chi connectivity index (χ4v) is 6.73. The summed E-state index contributed by atoms with van der Waals surface area (Å²) in [6.45, 7) is 9.37. The van der Waals surface area contributed by atoms with E-state index in [9.17, 15) is 13.2 Å². The highest BCUT2D eigenvalue weighted by Crippen LogP contribution is 2.28. The zero-order valence-corrected chi connectivity index (χ0v) is 23.1. The third kappa shape index (κ3) is 5.00. The van der Waals surface area contributed by atoms with Gasteiger partial charge in [-0.15, -0.1) is 0 Å². The summed E-state index contributed by atoms with van der Waals surface area (Å²) in [4.78, 5) is 17.5. The molecule has 3 heterocycles. The number of hydrogen-bond donors (Lipinski definition) is 0. The Bertz CT molecular complexity index is 1450. The van der Waals surface area contributed by atoms with E-state index in [-0.39, 0.29) is 16.5 Å². The molecule has 5 rings (SSSR count). The van der Waals surface area contributed by atoms with E-state index in [0.717, 1.165) is 17.7 Å². The van der Waals surface area contributed by atoms with Crippen LogP contribution in [-0.4, -0.2) is 72.6 Å². The van der Waals surface area contributed by atoms with Crippen LogP contribution in [0.25, 0.3) is 5.57 Å². The number of hydrogen-bond acceptors (Lipinski definition) is 5. The Morgan fingerprint density at radius 1 is 0.947 bits per heavy atom. The van der Waals surface area contributed by atoms with Crippen molar-refractivity contribution in [1.29, 1.82) is 0 Å². The van der Waals surface area contributed by atoms with E-state index in [4.69, 9.17) is 0 Å². The lowest BCUT2D eigenvalue weighted by molar-refractivity contribution is 0.0768. The minimum Gasteiger partial charge on any atom is -0.369 e. The van der Waals surface area contributed by atoms with Crippen LogP contribution in [0.4, 0.5) is 5.69 Å². The van der Waals surface area contributed by atoms with Crippen molar-refractivity contribution in [2.75, 3.05) is 44.2 Å². The van der Waals surface area contributed by atoms with Crippen molar-refractivity contribution >= 4 is 27.2 Å². The first-order valence-electron chi connectivity index (χ1n) is 13.2. The van der Waals surface area contributed by atoms with Crippen molar-refractivity contribution in [2.24, 2.45) is 0 Å². The van der Waals surface area contributed by atoms with Gasteiger partial charge in [0, 0.05) is 57.7 Å². The molecule has 0 aliphatic carbocycles. The van der Waals surface area contributed by atoms with Gasteiger partial charge in [0.1, 0.15) is 0 Å². The number of rotatable bonds is 6. The summed E-state index contributed by atoms with van der Waals surface area (Å²) in [6.07, 6.45) is 4.36. The van der Waals surface area contributed by atoms with Crippen LogP contribution < -0.4 is 4.90 Å². The molecule has 0 atom stereocenters. The van der Waals surface area contributed by atoms with Gasteiger partial charge in [0.15, 0.2) is 0 Å². The van der Waals surface area contributed by atoms with E-state index in [1.807, 2.05) is 31.2 Å². The normalized spacial score (nSPS) is 17.0. The number of nitrogens with zero attached hydrogens (tertiary/aromatic N) is 5. The topological polar surface area (TPSA) is 78.8 Å². The molecule has 8 nitrogen and oxygen atoms in total. The van der Waals surface area contributed by atoms with E-state index >= 15 is 0 Å². The maximum absolute atomic E-state index is 13.8. The van der Waals surface area contributed by atoms with Gasteiger partial charge in [-0.2, -0.15) is 9.40 Å². The van der Waals surface area contributed by atoms with Crippen molar-refractivity contribution in [3.63, 3.8) is 0 Å². The third-order valence-electron chi connectivity index (χ3n) is 7.66. The lowest BCUT2D eigenvalue weighted by atomic mass is 9.99. The predicted octanol–water partition coefficient (Wildman–Crippen LogP) is 3.96. The number of carbonyl (C=O) groups excluding carboxylic acids is 1. The number of aromatic nitrogens is 2. The fraction of sp³-hybridized carbons (Fsp3) is 0.379. The summed E-state index contributed by atoms with van der Waals surface area (Å²) in [5.74, 6) is -0.291. The van der Waals surface area contributed by atoms with Gasteiger partial charge in [-0.05, 0) is 55.5 Å². The Kier molecular flexibility index (Phi) is 7.40. The number of benzene rings is 2. The molecule has 1 saturated heterocycles. The summed E-state index contributed by atoms with van der Waals surface area (Å²) in [7, 11) is -3.93. The van der Waals surface area contributed by atoms with E-state index < -0.39 is 10.0 Å². The quantitative estimate of drug-likeness (QED) is 0.479. The van der Waals surface area contributed by atoms with Gasteiger partial charge in [-0.3, -0.25) is 9.48 Å². The van der Waals surface area contributed by atoms with Crippen LogP contribution in [0.3, 0.4) is 0 Å². The van der Waals surface area contributed by atoms with Crippen molar-refractivity contribution < 1.29 is 13.2 Å². The van der Waals surface area contributed by atoms with Gasteiger partial charge in [0.2, 0.25) is 5.03 Å². The summed E-state index contributed by atoms with van der Waals surface area (Å²) in [5.41, 5.74) is 6.08. The third-order valence-corrected chi connectivity index (χ3v) is 9.50. The van der Waals surface area contributed by atoms with Crippen LogP contribution in [0.15, 0.2) is 65.8 Å². The zero-order valence-electron chi connectivity index (χ0n) is 22.3. The van der Waals surface area contributed by atoms with Gasteiger partial charge in [-0.1, -0.05) is 48.5 Å². The highest BCUT2D eigenvalue weighted by atomic mass is 32.2.